The molecule has 120 valence electrons. The number of nitrogens with zero attached hydrogens (tertiary/aromatic N) is 1. The molecule has 0 bridgehead atoms. The van der Waals surface area contributed by atoms with Crippen molar-refractivity contribution in [3.05, 3.63) is 54.1 Å². The van der Waals surface area contributed by atoms with E-state index in [0.29, 0.717) is 6.54 Å². The van der Waals surface area contributed by atoms with E-state index in [1.807, 2.05) is 12.1 Å². The fourth-order valence-electron chi connectivity index (χ4n) is 2.43. The number of aromatic nitrogens is 1. The molecule has 3 nitrogen and oxygen atoms in total. The molecule has 6 heteroatoms. The van der Waals surface area contributed by atoms with Crippen LogP contribution in [0, 0.1) is 0 Å². The predicted octanol–water partition coefficient (Wildman–Crippen LogP) is -3.56. The maximum absolute atomic E-state index is 5.54. The van der Waals surface area contributed by atoms with Gasteiger partial charge in [-0.15, -0.1) is 0 Å². The third kappa shape index (κ3) is 4.41. The van der Waals surface area contributed by atoms with Gasteiger partial charge in [0.15, 0.2) is 0 Å². The minimum absolute atomic E-state index is 0. The Morgan fingerprint density at radius 3 is 1.86 bits per heavy atom. The molecule has 3 rings (SSSR count). The Morgan fingerprint density at radius 2 is 1.36 bits per heavy atom. The summed E-state index contributed by atoms with van der Waals surface area (Å²) in [6, 6.07) is 16.6. The molecule has 2 aromatic carbocycles. The minimum Gasteiger partial charge on any atom is -1.00 e. The van der Waals surface area contributed by atoms with Crippen molar-refractivity contribution in [3.63, 3.8) is 0 Å². The van der Waals surface area contributed by atoms with Gasteiger partial charge in [-0.05, 0) is 17.7 Å². The van der Waals surface area contributed by atoms with Crippen LogP contribution in [0.1, 0.15) is 5.56 Å². The van der Waals surface area contributed by atoms with Crippen LogP contribution in [0.25, 0.3) is 21.8 Å². The van der Waals surface area contributed by atoms with E-state index in [1.165, 1.54) is 16.3 Å². The van der Waals surface area contributed by atoms with Crippen molar-refractivity contribution in [1.82, 2.24) is 10.3 Å². The molecule has 1 heterocycles. The number of nitrogens with two attached hydrogens (primary N) is 1. The van der Waals surface area contributed by atoms with E-state index >= 15 is 0 Å². The molecule has 0 fully saturated rings. The van der Waals surface area contributed by atoms with E-state index in [2.05, 4.69) is 41.7 Å². The molecule has 22 heavy (non-hydrogen) atoms. The van der Waals surface area contributed by atoms with Crippen LogP contribution >= 0.6 is 0 Å². The first-order valence-corrected chi connectivity index (χ1v) is 6.57. The first-order valence-electron chi connectivity index (χ1n) is 6.57. The van der Waals surface area contributed by atoms with Crippen LogP contribution in [0.4, 0.5) is 0 Å². The number of halogens is 2. The quantitative estimate of drug-likeness (QED) is 0.279. The van der Waals surface area contributed by atoms with Crippen LogP contribution < -0.4 is 35.9 Å². The van der Waals surface area contributed by atoms with Crippen LogP contribution in [0.3, 0.4) is 0 Å². The molecule has 0 spiro atoms. The van der Waals surface area contributed by atoms with Crippen molar-refractivity contribution in [2.75, 3.05) is 13.1 Å². The molecule has 0 amide bonds. The number of nitrogens with one attached hydrogen (secondary N) is 1. The van der Waals surface area contributed by atoms with Crippen LogP contribution in [0.15, 0.2) is 48.5 Å². The summed E-state index contributed by atoms with van der Waals surface area (Å²) in [5.74, 6) is 0. The summed E-state index contributed by atoms with van der Waals surface area (Å²) in [4.78, 5) is 4.71. The summed E-state index contributed by atoms with van der Waals surface area (Å²) in [6.07, 6.45) is 0. The van der Waals surface area contributed by atoms with E-state index in [4.69, 9.17) is 10.7 Å². The number of hydrogen-bond acceptors (Lipinski definition) is 3. The summed E-state index contributed by atoms with van der Waals surface area (Å²) in [5, 5.41) is 5.81. The molecule has 0 unspecified atom stereocenters. The zero-order chi connectivity index (χ0) is 13.1. The van der Waals surface area contributed by atoms with Gasteiger partial charge in [0.25, 0.3) is 0 Å². The number of hydrogen-bond donors (Lipinski definition) is 2. The van der Waals surface area contributed by atoms with Crippen molar-refractivity contribution in [2.24, 2.45) is 5.73 Å². The standard InChI is InChI=1S/C16H17N3.2ClH.Pt/c17-9-10-18-11-14-12-5-1-3-7-15(12)19-16-8-4-2-6-13(14)16;;;/h1-8,18H,9-11,17H2;2*1H;/q;;;+2/p-2. The normalized spacial score (nSPS) is 9.68. The third-order valence-electron chi connectivity index (χ3n) is 3.32. The van der Waals surface area contributed by atoms with Gasteiger partial charge in [0.2, 0.25) is 0 Å². The maximum Gasteiger partial charge on any atom is 2.00 e. The maximum atomic E-state index is 5.54. The predicted molar refractivity (Wildman–Crippen MR) is 80.0 cm³/mol. The molecule has 3 aromatic rings. The molecule has 3 N–H and O–H groups in total. The number of fused-ring (bicyclic) bond motifs is 2. The Bertz CT molecular complexity index is 668. The second kappa shape index (κ2) is 10.1. The van der Waals surface area contributed by atoms with Crippen LogP contribution in [-0.2, 0) is 27.6 Å². The second-order valence-corrected chi connectivity index (χ2v) is 4.59. The SMILES string of the molecule is NCCNCc1c2ccccc2nc2ccccc12.[Cl-].[Cl-].[Pt+2]. The average Bonchev–Trinajstić information content (AvgIpc) is 2.46. The van der Waals surface area contributed by atoms with E-state index in [-0.39, 0.29) is 45.9 Å². The fourth-order valence-corrected chi connectivity index (χ4v) is 2.43. The third-order valence-corrected chi connectivity index (χ3v) is 3.32. The van der Waals surface area contributed by atoms with Crippen molar-refractivity contribution in [2.45, 2.75) is 6.54 Å². The summed E-state index contributed by atoms with van der Waals surface area (Å²) in [7, 11) is 0. The van der Waals surface area contributed by atoms with Gasteiger partial charge in [0, 0.05) is 30.4 Å². The number of para-hydroxylation sites is 2. The molecule has 0 saturated carbocycles. The Balaban J connectivity index is 0.00000147. The van der Waals surface area contributed by atoms with E-state index in [1.54, 1.807) is 0 Å². The van der Waals surface area contributed by atoms with Gasteiger partial charge in [-0.3, -0.25) is 0 Å². The van der Waals surface area contributed by atoms with Crippen LogP contribution in [0.5, 0.6) is 0 Å². The summed E-state index contributed by atoms with van der Waals surface area (Å²) in [5.41, 5.74) is 8.94. The largest absolute Gasteiger partial charge is 2.00 e. The first-order chi connectivity index (χ1) is 9.40. The smallest absolute Gasteiger partial charge is 1.00 e. The van der Waals surface area contributed by atoms with Gasteiger partial charge >= 0.3 is 21.1 Å². The Hall–Kier alpha value is -0.702. The molecule has 1 aromatic heterocycles. The summed E-state index contributed by atoms with van der Waals surface area (Å²) < 4.78 is 0. The molecule has 0 aliphatic rings. The van der Waals surface area contributed by atoms with Crippen LogP contribution in [0.2, 0.25) is 0 Å². The molecular formula is C16H17Cl2N3Pt. The van der Waals surface area contributed by atoms with Gasteiger partial charge in [0.05, 0.1) is 11.0 Å². The van der Waals surface area contributed by atoms with Gasteiger partial charge in [-0.2, -0.15) is 0 Å². The van der Waals surface area contributed by atoms with Crippen molar-refractivity contribution >= 4 is 21.8 Å². The van der Waals surface area contributed by atoms with Crippen LogP contribution in [-0.4, -0.2) is 18.1 Å². The number of pyridine rings is 1. The zero-order valence-corrected chi connectivity index (χ0v) is 15.6. The van der Waals surface area contributed by atoms with Gasteiger partial charge in [-0.25, -0.2) is 4.98 Å². The van der Waals surface area contributed by atoms with E-state index < -0.39 is 0 Å². The minimum atomic E-state index is 0. The van der Waals surface area contributed by atoms with Crippen molar-refractivity contribution in [3.8, 4) is 0 Å². The Kier molecular flexibility index (Phi) is 9.82. The summed E-state index contributed by atoms with van der Waals surface area (Å²) >= 11 is 0. The first kappa shape index (κ1) is 21.3. The molecule has 0 aliphatic carbocycles. The van der Waals surface area contributed by atoms with Gasteiger partial charge in [-0.1, -0.05) is 36.4 Å². The van der Waals surface area contributed by atoms with Gasteiger partial charge < -0.3 is 35.9 Å². The Morgan fingerprint density at radius 1 is 0.864 bits per heavy atom. The van der Waals surface area contributed by atoms with Crippen molar-refractivity contribution < 1.29 is 45.9 Å². The topological polar surface area (TPSA) is 50.9 Å². The van der Waals surface area contributed by atoms with Gasteiger partial charge in [0.1, 0.15) is 0 Å². The van der Waals surface area contributed by atoms with E-state index in [9.17, 15) is 0 Å². The number of benzene rings is 2. The summed E-state index contributed by atoms with van der Waals surface area (Å²) in [6.45, 7) is 2.30. The molecule has 0 atom stereocenters. The van der Waals surface area contributed by atoms with E-state index in [0.717, 1.165) is 24.1 Å². The fraction of sp³-hybridized carbons (Fsp3) is 0.188. The second-order valence-electron chi connectivity index (χ2n) is 4.59. The number of rotatable bonds is 4. The molecule has 0 radical (unpaired) electrons. The average molecular weight is 517 g/mol. The molecular weight excluding hydrogens is 500 g/mol. The monoisotopic (exact) mass is 516 g/mol. The molecule has 0 aliphatic heterocycles. The Labute approximate surface area is 157 Å². The zero-order valence-electron chi connectivity index (χ0n) is 11.8. The molecule has 0 saturated heterocycles. The van der Waals surface area contributed by atoms with Crippen molar-refractivity contribution in [1.29, 1.82) is 0 Å².